The maximum absolute atomic E-state index is 11.9. The summed E-state index contributed by atoms with van der Waals surface area (Å²) in [7, 11) is 0. The van der Waals surface area contributed by atoms with E-state index < -0.39 is 5.60 Å². The monoisotopic (exact) mass is 226 g/mol. The lowest BCUT2D eigenvalue weighted by Crippen LogP contribution is -2.44. The Kier molecular flexibility index (Phi) is 2.86. The lowest BCUT2D eigenvalue weighted by molar-refractivity contribution is 0.0282. The topological polar surface area (TPSA) is 41.6 Å². The third-order valence-electron chi connectivity index (χ3n) is 3.34. The van der Waals surface area contributed by atoms with Crippen molar-refractivity contribution < 1.29 is 9.53 Å². The predicted octanol–water partition coefficient (Wildman–Crippen LogP) is 1.75. The average Bonchev–Trinajstić information content (AvgIpc) is 2.74. The summed E-state index contributed by atoms with van der Waals surface area (Å²) >= 11 is 0. The Hall–Kier alpha value is -0.770. The second-order valence-electron chi connectivity index (χ2n) is 5.96. The van der Waals surface area contributed by atoms with Gasteiger partial charge in [-0.1, -0.05) is 0 Å². The van der Waals surface area contributed by atoms with Crippen LogP contribution in [0.15, 0.2) is 0 Å². The van der Waals surface area contributed by atoms with Gasteiger partial charge in [-0.05, 0) is 46.6 Å². The highest BCUT2D eigenvalue weighted by atomic mass is 16.6. The maximum Gasteiger partial charge on any atom is 0.410 e. The predicted molar refractivity (Wildman–Crippen MR) is 62.4 cm³/mol. The number of ether oxygens (including phenoxy) is 1. The highest BCUT2D eigenvalue weighted by Crippen LogP contribution is 2.30. The molecule has 0 aromatic carbocycles. The van der Waals surface area contributed by atoms with E-state index >= 15 is 0 Å². The zero-order chi connectivity index (χ0) is 11.8. The smallest absolute Gasteiger partial charge is 0.410 e. The Balaban J connectivity index is 1.91. The fourth-order valence-corrected chi connectivity index (χ4v) is 2.57. The minimum Gasteiger partial charge on any atom is -0.444 e. The number of carbonyl (C=O) groups is 1. The molecule has 2 rings (SSSR count). The quantitative estimate of drug-likeness (QED) is 0.684. The fourth-order valence-electron chi connectivity index (χ4n) is 2.57. The number of hydrogen-bond acceptors (Lipinski definition) is 3. The summed E-state index contributed by atoms with van der Waals surface area (Å²) in [5, 5.41) is 3.53. The van der Waals surface area contributed by atoms with Crippen LogP contribution in [0.3, 0.4) is 0 Å². The van der Waals surface area contributed by atoms with Crippen molar-refractivity contribution in [2.75, 3.05) is 19.6 Å². The van der Waals surface area contributed by atoms with Gasteiger partial charge in [0.15, 0.2) is 0 Å². The van der Waals surface area contributed by atoms with Crippen LogP contribution < -0.4 is 5.32 Å². The van der Waals surface area contributed by atoms with Gasteiger partial charge in [-0.15, -0.1) is 0 Å². The van der Waals surface area contributed by atoms with Gasteiger partial charge in [0.05, 0.1) is 0 Å². The van der Waals surface area contributed by atoms with Gasteiger partial charge in [-0.3, -0.25) is 0 Å². The standard InChI is InChI=1S/C12H22N2O2/c1-11(2,3)16-10(15)14-8-6-12(9-14)5-4-7-13-12/h13H,4-9H2,1-3H3/t12-/m0/s1. The Bertz CT molecular complexity index is 277. The first-order valence-corrected chi connectivity index (χ1v) is 6.13. The number of likely N-dealkylation sites (tertiary alicyclic amines) is 1. The SMILES string of the molecule is CC(C)(C)OC(=O)N1CC[C@@]2(CCCN2)C1. The van der Waals surface area contributed by atoms with Gasteiger partial charge in [-0.25, -0.2) is 4.79 Å². The normalized spacial score (nSPS) is 30.1. The van der Waals surface area contributed by atoms with Gasteiger partial charge < -0.3 is 15.0 Å². The van der Waals surface area contributed by atoms with Crippen LogP contribution in [0.5, 0.6) is 0 Å². The number of nitrogens with one attached hydrogen (secondary N) is 1. The van der Waals surface area contributed by atoms with Crippen LogP contribution in [-0.4, -0.2) is 41.8 Å². The van der Waals surface area contributed by atoms with Crippen LogP contribution in [0.25, 0.3) is 0 Å². The van der Waals surface area contributed by atoms with Gasteiger partial charge in [0.25, 0.3) is 0 Å². The van der Waals surface area contributed by atoms with Gasteiger partial charge in [0, 0.05) is 18.6 Å². The number of nitrogens with zero attached hydrogens (tertiary/aromatic N) is 1. The van der Waals surface area contributed by atoms with Crippen LogP contribution in [-0.2, 0) is 4.74 Å². The minimum atomic E-state index is -0.393. The van der Waals surface area contributed by atoms with Gasteiger partial charge in [0.2, 0.25) is 0 Å². The van der Waals surface area contributed by atoms with Crippen molar-refractivity contribution in [2.24, 2.45) is 0 Å². The molecule has 92 valence electrons. The van der Waals surface area contributed by atoms with Crippen LogP contribution in [0, 0.1) is 0 Å². The maximum atomic E-state index is 11.9. The second-order valence-corrected chi connectivity index (χ2v) is 5.96. The molecule has 4 nitrogen and oxygen atoms in total. The Morgan fingerprint density at radius 2 is 2.12 bits per heavy atom. The highest BCUT2D eigenvalue weighted by molar-refractivity contribution is 5.68. The molecule has 16 heavy (non-hydrogen) atoms. The van der Waals surface area contributed by atoms with Crippen molar-refractivity contribution in [3.8, 4) is 0 Å². The number of rotatable bonds is 0. The molecule has 2 saturated heterocycles. The first-order valence-electron chi connectivity index (χ1n) is 6.13. The third-order valence-corrected chi connectivity index (χ3v) is 3.34. The molecule has 2 heterocycles. The molecule has 0 radical (unpaired) electrons. The van der Waals surface area contributed by atoms with Crippen LogP contribution in [0.2, 0.25) is 0 Å². The van der Waals surface area contributed by atoms with E-state index in [4.69, 9.17) is 4.74 Å². The number of carbonyl (C=O) groups excluding carboxylic acids is 1. The lowest BCUT2D eigenvalue weighted by Gasteiger charge is -2.27. The molecule has 0 aromatic rings. The summed E-state index contributed by atoms with van der Waals surface area (Å²) in [4.78, 5) is 13.7. The van der Waals surface area contributed by atoms with Gasteiger partial charge in [-0.2, -0.15) is 0 Å². The van der Waals surface area contributed by atoms with E-state index in [9.17, 15) is 4.79 Å². The molecule has 2 aliphatic heterocycles. The first-order chi connectivity index (χ1) is 7.40. The van der Waals surface area contributed by atoms with Crippen molar-refractivity contribution in [1.82, 2.24) is 10.2 Å². The molecule has 2 fully saturated rings. The molecule has 0 saturated carbocycles. The number of hydrogen-bond donors (Lipinski definition) is 1. The van der Waals surface area contributed by atoms with Crippen LogP contribution in [0.1, 0.15) is 40.0 Å². The summed E-state index contributed by atoms with van der Waals surface area (Å²) in [6.45, 7) is 8.44. The van der Waals surface area contributed by atoms with Crippen molar-refractivity contribution in [3.63, 3.8) is 0 Å². The molecule has 0 bridgehead atoms. The summed E-state index contributed by atoms with van der Waals surface area (Å²) in [6, 6.07) is 0. The highest BCUT2D eigenvalue weighted by Gasteiger charge is 2.42. The van der Waals surface area contributed by atoms with Crippen molar-refractivity contribution >= 4 is 6.09 Å². The summed E-state index contributed by atoms with van der Waals surface area (Å²) < 4.78 is 5.38. The van der Waals surface area contributed by atoms with E-state index in [0.29, 0.717) is 0 Å². The van der Waals surface area contributed by atoms with E-state index in [0.717, 1.165) is 26.1 Å². The first kappa shape index (κ1) is 11.7. The van der Waals surface area contributed by atoms with E-state index in [1.54, 1.807) is 0 Å². The van der Waals surface area contributed by atoms with Gasteiger partial charge >= 0.3 is 6.09 Å². The van der Waals surface area contributed by atoms with E-state index in [1.807, 2.05) is 25.7 Å². The Morgan fingerprint density at radius 1 is 1.38 bits per heavy atom. The van der Waals surface area contributed by atoms with Crippen molar-refractivity contribution in [1.29, 1.82) is 0 Å². The van der Waals surface area contributed by atoms with Crippen LogP contribution in [0.4, 0.5) is 4.79 Å². The summed E-state index contributed by atoms with van der Waals surface area (Å²) in [5.41, 5.74) is -0.202. The Morgan fingerprint density at radius 3 is 2.69 bits per heavy atom. The summed E-state index contributed by atoms with van der Waals surface area (Å²) in [5.74, 6) is 0. The molecular formula is C12H22N2O2. The third kappa shape index (κ3) is 2.48. The van der Waals surface area contributed by atoms with E-state index in [1.165, 1.54) is 12.8 Å². The van der Waals surface area contributed by atoms with Gasteiger partial charge in [0.1, 0.15) is 5.60 Å². The molecule has 0 aromatic heterocycles. The fraction of sp³-hybridized carbons (Fsp3) is 0.917. The molecule has 1 atom stereocenters. The molecular weight excluding hydrogens is 204 g/mol. The second kappa shape index (κ2) is 3.91. The molecule has 0 unspecified atom stereocenters. The van der Waals surface area contributed by atoms with E-state index in [2.05, 4.69) is 5.32 Å². The van der Waals surface area contributed by atoms with Crippen molar-refractivity contribution in [3.05, 3.63) is 0 Å². The average molecular weight is 226 g/mol. The van der Waals surface area contributed by atoms with Crippen molar-refractivity contribution in [2.45, 2.75) is 51.2 Å². The largest absolute Gasteiger partial charge is 0.444 e. The van der Waals surface area contributed by atoms with Crippen LogP contribution >= 0.6 is 0 Å². The Labute approximate surface area is 97.3 Å². The number of amides is 1. The molecule has 0 aliphatic carbocycles. The lowest BCUT2D eigenvalue weighted by atomic mass is 9.97. The molecule has 2 aliphatic rings. The molecule has 1 spiro atoms. The molecule has 1 N–H and O–H groups in total. The molecule has 1 amide bonds. The zero-order valence-corrected chi connectivity index (χ0v) is 10.5. The zero-order valence-electron chi connectivity index (χ0n) is 10.5. The summed E-state index contributed by atoms with van der Waals surface area (Å²) in [6.07, 6.45) is 3.30. The minimum absolute atomic E-state index is 0.168. The molecule has 4 heteroatoms. The van der Waals surface area contributed by atoms with E-state index in [-0.39, 0.29) is 11.6 Å².